The molecular formula is C16H28LaLiO2. The van der Waals surface area contributed by atoms with E-state index in [0.717, 1.165) is 26.4 Å². The second-order valence-corrected chi connectivity index (χ2v) is 2.38. The van der Waals surface area contributed by atoms with Gasteiger partial charge in [0.25, 0.3) is 0 Å². The predicted molar refractivity (Wildman–Crippen MR) is 87.4 cm³/mol. The van der Waals surface area contributed by atoms with Gasteiger partial charge in [0.05, 0.1) is 26.4 Å². The summed E-state index contributed by atoms with van der Waals surface area (Å²) < 4.78 is 9.89. The molecule has 0 unspecified atom stereocenters. The molecule has 0 saturated carbocycles. The summed E-state index contributed by atoms with van der Waals surface area (Å²) in [6.45, 7) is 29.1. The molecule has 1 aliphatic heterocycles. The molecule has 1 aliphatic rings. The molecule has 0 aromatic carbocycles. The molecule has 20 heavy (non-hydrogen) atoms. The van der Waals surface area contributed by atoms with Crippen LogP contribution < -0.4 is 0 Å². The van der Waals surface area contributed by atoms with Crippen LogP contribution in [0.3, 0.4) is 0 Å². The third kappa shape index (κ3) is 116. The van der Waals surface area contributed by atoms with Gasteiger partial charge in [0.15, 0.2) is 0 Å². The number of hydrogen-bond donors (Lipinski definition) is 0. The van der Waals surface area contributed by atoms with Crippen LogP contribution >= 0.6 is 0 Å². The Morgan fingerprint density at radius 3 is 0.650 bits per heavy atom. The summed E-state index contributed by atoms with van der Waals surface area (Å²) in [6, 6.07) is 0. The molecule has 1 heterocycles. The fourth-order valence-electron chi connectivity index (χ4n) is 0.440. The Hall–Kier alpha value is 1.71. The molecule has 0 amide bonds. The fraction of sp³-hybridized carbons (Fsp3) is 0.250. The Balaban J connectivity index is -0.0000000315. The van der Waals surface area contributed by atoms with E-state index in [0.29, 0.717) is 0 Å². The van der Waals surface area contributed by atoms with Crippen LogP contribution in [0.1, 0.15) is 0 Å². The van der Waals surface area contributed by atoms with Crippen LogP contribution in [0.15, 0.2) is 0 Å². The van der Waals surface area contributed by atoms with Crippen molar-refractivity contribution in [2.45, 2.75) is 0 Å². The molecule has 0 atom stereocenters. The summed E-state index contributed by atoms with van der Waals surface area (Å²) in [4.78, 5) is 0. The SMILES string of the molecule is C1COCCO1.[CH2][CH][CH2].[CH2][CH][CH2].[CH2][CH][CH2].[CH2][CH][CH2].[La].[Li]. The van der Waals surface area contributed by atoms with E-state index in [1.165, 1.54) is 25.7 Å². The van der Waals surface area contributed by atoms with Gasteiger partial charge in [-0.1, -0.05) is 0 Å². The molecule has 0 bridgehead atoms. The minimum absolute atomic E-state index is 0. The van der Waals surface area contributed by atoms with Crippen LogP contribution in [-0.4, -0.2) is 45.3 Å². The minimum atomic E-state index is 0. The Labute approximate surface area is 170 Å². The van der Waals surface area contributed by atoms with Gasteiger partial charge in [-0.2, -0.15) is 0 Å². The van der Waals surface area contributed by atoms with Crippen molar-refractivity contribution in [2.75, 3.05) is 26.4 Å². The van der Waals surface area contributed by atoms with Gasteiger partial charge in [0, 0.05) is 54.5 Å². The van der Waals surface area contributed by atoms with Crippen molar-refractivity contribution < 1.29 is 45.1 Å². The van der Waals surface area contributed by atoms with Crippen LogP contribution in [0, 0.1) is 117 Å². The zero-order valence-electron chi connectivity index (χ0n) is 13.2. The first kappa shape index (κ1) is 37.7. The number of rotatable bonds is 0. The molecule has 1 saturated heterocycles. The van der Waals surface area contributed by atoms with Gasteiger partial charge in [-0.05, 0) is 81.1 Å². The Morgan fingerprint density at radius 2 is 0.600 bits per heavy atom. The van der Waals surface area contributed by atoms with E-state index in [9.17, 15) is 0 Å². The molecule has 0 aromatic heterocycles. The quantitative estimate of drug-likeness (QED) is 0.584. The zero-order valence-corrected chi connectivity index (χ0v) is 16.8. The first-order valence-corrected chi connectivity index (χ1v) is 5.42. The van der Waals surface area contributed by atoms with Gasteiger partial charge in [0.2, 0.25) is 0 Å². The number of hydrogen-bond acceptors (Lipinski definition) is 2. The Morgan fingerprint density at radius 1 is 0.500 bits per heavy atom. The molecule has 1 fully saturated rings. The minimum Gasteiger partial charge on any atom is -0.377 e. The van der Waals surface area contributed by atoms with Crippen LogP contribution in [0.2, 0.25) is 0 Å². The summed E-state index contributed by atoms with van der Waals surface area (Å²) in [7, 11) is 0. The topological polar surface area (TPSA) is 18.5 Å². The van der Waals surface area contributed by atoms with Gasteiger partial charge in [-0.25, -0.2) is 0 Å². The second kappa shape index (κ2) is 58.7. The largest absolute Gasteiger partial charge is 0.377 e. The molecule has 0 spiro atoms. The molecule has 2 nitrogen and oxygen atoms in total. The van der Waals surface area contributed by atoms with Gasteiger partial charge in [0.1, 0.15) is 0 Å². The van der Waals surface area contributed by atoms with E-state index in [1.54, 1.807) is 0 Å². The normalized spacial score (nSPS) is 10.8. The molecule has 14 radical (unpaired) electrons. The van der Waals surface area contributed by atoms with Crippen molar-refractivity contribution in [3.05, 3.63) is 81.1 Å². The molecule has 0 aromatic rings. The smallest absolute Gasteiger partial charge is 0.0701 e. The Bertz CT molecular complexity index is 63.4. The standard InChI is InChI=1S/C4H8O2.4C3H5.La.Li/c1-2-6-4-3-5-1;4*1-3-2;;/h1-4H2;4*3H,1-2H2;;. The maximum Gasteiger partial charge on any atom is 0.0701 e. The maximum atomic E-state index is 4.94. The third-order valence-corrected chi connectivity index (χ3v) is 0.744. The van der Waals surface area contributed by atoms with Crippen molar-refractivity contribution in [2.24, 2.45) is 0 Å². The summed E-state index contributed by atoms with van der Waals surface area (Å²) in [5.41, 5.74) is 0. The third-order valence-electron chi connectivity index (χ3n) is 0.744. The van der Waals surface area contributed by atoms with E-state index in [4.69, 9.17) is 9.47 Å². The average Bonchev–Trinajstić information content (AvgIpc) is 2.35. The summed E-state index contributed by atoms with van der Waals surface area (Å²) >= 11 is 0. The van der Waals surface area contributed by atoms with Crippen LogP contribution in [0.5, 0.6) is 0 Å². The van der Waals surface area contributed by atoms with Gasteiger partial charge in [-0.15, -0.1) is 0 Å². The van der Waals surface area contributed by atoms with E-state index in [-0.39, 0.29) is 54.5 Å². The molecule has 0 aliphatic carbocycles. The first-order chi connectivity index (χ1) is 8.66. The summed E-state index contributed by atoms with van der Waals surface area (Å²) in [5.74, 6) is 0. The monoisotopic (exact) mass is 398 g/mol. The van der Waals surface area contributed by atoms with E-state index in [2.05, 4.69) is 55.4 Å². The van der Waals surface area contributed by atoms with E-state index >= 15 is 0 Å². The van der Waals surface area contributed by atoms with Crippen molar-refractivity contribution in [3.63, 3.8) is 0 Å². The number of ether oxygens (including phenoxy) is 2. The van der Waals surface area contributed by atoms with E-state index in [1.807, 2.05) is 0 Å². The van der Waals surface area contributed by atoms with Crippen molar-refractivity contribution in [1.29, 1.82) is 0 Å². The first-order valence-electron chi connectivity index (χ1n) is 5.42. The molecule has 0 N–H and O–H groups in total. The van der Waals surface area contributed by atoms with Crippen LogP contribution in [0.25, 0.3) is 0 Å². The van der Waals surface area contributed by atoms with Crippen LogP contribution in [-0.2, 0) is 9.47 Å². The molecule has 1 rings (SSSR count). The van der Waals surface area contributed by atoms with E-state index < -0.39 is 0 Å². The molecule has 4 heteroatoms. The Kier molecular flexibility index (Phi) is 111. The van der Waals surface area contributed by atoms with Crippen molar-refractivity contribution in [1.82, 2.24) is 0 Å². The molecular weight excluding hydrogens is 370 g/mol. The maximum absolute atomic E-state index is 4.94. The molecule has 108 valence electrons. The summed E-state index contributed by atoms with van der Waals surface area (Å²) in [6.07, 6.45) is 6.00. The van der Waals surface area contributed by atoms with Crippen molar-refractivity contribution >= 4 is 18.9 Å². The van der Waals surface area contributed by atoms with Crippen LogP contribution in [0.4, 0.5) is 0 Å². The average molecular weight is 398 g/mol. The predicted octanol–water partition coefficient (Wildman–Crippen LogP) is 3.09. The second-order valence-electron chi connectivity index (χ2n) is 2.38. The summed E-state index contributed by atoms with van der Waals surface area (Å²) in [5, 5.41) is 0. The zero-order chi connectivity index (χ0) is 15.1. The fourth-order valence-corrected chi connectivity index (χ4v) is 0.440. The van der Waals surface area contributed by atoms with Crippen molar-refractivity contribution in [3.8, 4) is 0 Å². The van der Waals surface area contributed by atoms with Gasteiger partial charge < -0.3 is 9.47 Å². The van der Waals surface area contributed by atoms with Gasteiger partial charge in [-0.3, -0.25) is 0 Å². The van der Waals surface area contributed by atoms with Gasteiger partial charge >= 0.3 is 0 Å².